The van der Waals surface area contributed by atoms with Gasteiger partial charge < -0.3 is 9.84 Å². The number of rotatable bonds is 8. The van der Waals surface area contributed by atoms with Gasteiger partial charge in [-0.15, -0.1) is 23.8 Å². The molecule has 2 aromatic carbocycles. The number of aromatic nitrogens is 3. The molecule has 1 fully saturated rings. The molecule has 0 aliphatic heterocycles. The molecule has 6 nitrogen and oxygen atoms in total. The molecule has 2 N–H and O–H groups in total. The minimum Gasteiger partial charge on any atom is -0.478 e. The summed E-state index contributed by atoms with van der Waals surface area (Å²) in [5, 5.41) is 15.7. The van der Waals surface area contributed by atoms with Gasteiger partial charge in [-0.3, -0.25) is 5.10 Å². The quantitative estimate of drug-likeness (QED) is 0.170. The number of pyridine rings is 1. The van der Waals surface area contributed by atoms with E-state index >= 15 is 0 Å². The fourth-order valence-electron chi connectivity index (χ4n) is 4.41. The minimum absolute atomic E-state index is 0. The Bertz CT molecular complexity index is 1500. The number of carboxylic acids is 1. The fourth-order valence-corrected chi connectivity index (χ4v) is 4.41. The van der Waals surface area contributed by atoms with E-state index in [1.807, 2.05) is 56.4 Å². The van der Waals surface area contributed by atoms with Crippen molar-refractivity contribution >= 4 is 34.1 Å². The van der Waals surface area contributed by atoms with Gasteiger partial charge in [0.05, 0.1) is 6.61 Å². The molecule has 2 aromatic heterocycles. The summed E-state index contributed by atoms with van der Waals surface area (Å²) in [6.45, 7) is 4.51. The van der Waals surface area contributed by atoms with Crippen molar-refractivity contribution in [1.29, 1.82) is 0 Å². The summed E-state index contributed by atoms with van der Waals surface area (Å²) in [6.07, 6.45) is 6.62. The number of allylic oxidation sites excluding steroid dienone is 1. The summed E-state index contributed by atoms with van der Waals surface area (Å²) in [5.74, 6) is -0.603. The van der Waals surface area contributed by atoms with Crippen LogP contribution in [0.25, 0.3) is 28.1 Å². The molecule has 190 valence electrons. The number of fused-ring (bicyclic) bond motifs is 1. The molecule has 0 amide bonds. The van der Waals surface area contributed by atoms with E-state index in [4.69, 9.17) is 9.84 Å². The maximum Gasteiger partial charge on any atom is 0.328 e. The summed E-state index contributed by atoms with van der Waals surface area (Å²) >= 11 is 0. The number of carbonyl (C=O) groups is 1. The largest absolute Gasteiger partial charge is 0.478 e. The van der Waals surface area contributed by atoms with E-state index in [9.17, 15) is 9.18 Å². The van der Waals surface area contributed by atoms with Crippen molar-refractivity contribution in [2.45, 2.75) is 26.7 Å². The van der Waals surface area contributed by atoms with Gasteiger partial charge in [0.1, 0.15) is 5.95 Å². The van der Waals surface area contributed by atoms with Crippen LogP contribution in [0, 0.1) is 24.9 Å². The van der Waals surface area contributed by atoms with E-state index in [0.717, 1.165) is 57.9 Å². The van der Waals surface area contributed by atoms with Crippen LogP contribution in [0.1, 0.15) is 47.6 Å². The molecule has 0 unspecified atom stereocenters. The molecule has 37 heavy (non-hydrogen) atoms. The topological polar surface area (TPSA) is 88.1 Å². The van der Waals surface area contributed by atoms with Crippen molar-refractivity contribution < 1.29 is 19.0 Å². The molecule has 0 spiro atoms. The Labute approximate surface area is 208 Å². The molecule has 4 aromatic rings. The van der Waals surface area contributed by atoms with Crippen LogP contribution in [0.4, 0.5) is 4.39 Å². The van der Waals surface area contributed by atoms with Gasteiger partial charge in [-0.25, -0.2) is 19.3 Å². The van der Waals surface area contributed by atoms with Gasteiger partial charge in [-0.2, -0.15) is 0 Å². The molecule has 0 atom stereocenters. The number of halogens is 1. The number of hydrogen-bond donors (Lipinski definition) is 2. The first-order valence-corrected chi connectivity index (χ1v) is 11.9. The minimum atomic E-state index is -1.00. The van der Waals surface area contributed by atoms with Gasteiger partial charge in [0.2, 0.25) is 5.88 Å². The van der Waals surface area contributed by atoms with Crippen LogP contribution in [0.3, 0.4) is 0 Å². The number of hydrogen-bond acceptors (Lipinski definition) is 4. The zero-order valence-corrected chi connectivity index (χ0v) is 23.3. The number of nitrogens with zero attached hydrogens (tertiary/aromatic N) is 2. The molecular formula is C29H25CmFN3O3-. The molecular weight excluding hydrogens is 704 g/mol. The standard InChI is InChI=1S/C29H25FN3O3.Cm/c1-3-36-25-14-17(2)23(16-31-25)28(20-9-10-20)27(19-7-4-18(5-8-19)6-13-26(34)35)21-11-12-24-22(15-21)29(30)33-32-24;/h4-8,11-14,16,20H,3,9-10H2,1-2H3,(H,32,33)(H,34,35);/q-1;/b13-6+,28-27+;. The van der Waals surface area contributed by atoms with Crippen molar-refractivity contribution in [2.24, 2.45) is 5.92 Å². The fraction of sp³-hybridized carbons (Fsp3) is 0.207. The van der Waals surface area contributed by atoms with E-state index in [2.05, 4.69) is 21.2 Å². The molecule has 5 rings (SSSR count). The summed E-state index contributed by atoms with van der Waals surface area (Å²) < 4.78 is 20.0. The van der Waals surface area contributed by atoms with Crippen LogP contribution in [-0.4, -0.2) is 32.9 Å². The molecule has 0 saturated heterocycles. The zero-order valence-electron chi connectivity index (χ0n) is 20.4. The van der Waals surface area contributed by atoms with Gasteiger partial charge in [-0.1, -0.05) is 41.0 Å². The summed E-state index contributed by atoms with van der Waals surface area (Å²) in [6, 6.07) is 16.6. The van der Waals surface area contributed by atoms with Crippen LogP contribution < -0.4 is 4.74 Å². The second-order valence-electron chi connectivity index (χ2n) is 8.80. The van der Waals surface area contributed by atoms with Crippen molar-refractivity contribution in [3.05, 3.63) is 94.6 Å². The maximum atomic E-state index is 14.4. The van der Waals surface area contributed by atoms with E-state index < -0.39 is 11.9 Å². The number of H-pyrrole nitrogens is 1. The second kappa shape index (κ2) is 10.2. The Morgan fingerprint density at radius 1 is 1.24 bits per heavy atom. The smallest absolute Gasteiger partial charge is 0.328 e. The Morgan fingerprint density at radius 3 is 2.65 bits per heavy atom. The number of aryl methyl sites for hydroxylation is 1. The van der Waals surface area contributed by atoms with Gasteiger partial charge in [-0.05, 0) is 60.8 Å². The van der Waals surface area contributed by atoms with Gasteiger partial charge in [0, 0.05) is 23.9 Å². The number of aromatic amines is 1. The van der Waals surface area contributed by atoms with Crippen molar-refractivity contribution in [1.82, 2.24) is 15.2 Å². The van der Waals surface area contributed by atoms with Crippen molar-refractivity contribution in [3.63, 3.8) is 0 Å². The van der Waals surface area contributed by atoms with E-state index in [1.165, 1.54) is 0 Å². The monoisotopic (exact) mass is 725 g/mol. The number of aliphatic carboxylic acids is 1. The average Bonchev–Trinajstić information content (AvgIpc) is 3.65. The Morgan fingerprint density at radius 2 is 2.00 bits per heavy atom. The van der Waals surface area contributed by atoms with Crippen LogP contribution in [-0.2, 0) is 4.79 Å². The summed E-state index contributed by atoms with van der Waals surface area (Å²) in [5.41, 5.74) is 7.11. The van der Waals surface area contributed by atoms with Crippen molar-refractivity contribution in [3.8, 4) is 5.88 Å². The first-order valence-electron chi connectivity index (χ1n) is 11.9. The molecule has 1 aliphatic rings. The predicted octanol–water partition coefficient (Wildman–Crippen LogP) is 6.07. The van der Waals surface area contributed by atoms with Crippen LogP contribution in [0.2, 0.25) is 0 Å². The third-order valence-corrected chi connectivity index (χ3v) is 6.23. The van der Waals surface area contributed by atoms with E-state index in [-0.39, 0.29) is 0 Å². The number of nitrogens with one attached hydrogen (secondary N) is 1. The molecule has 2 heterocycles. The summed E-state index contributed by atoms with van der Waals surface area (Å²) in [7, 11) is 0. The number of ether oxygens (including phenoxy) is 1. The molecule has 1 aliphatic carbocycles. The first-order chi connectivity index (χ1) is 17.4. The SMILES string of the molecule is CCOc1cc(C)c(/C(=C(/c2[c-]c3c(F)[nH]nc3cc2)c2ccc(/C=C/C(=O)O)cc2)C2CC2)cn1.[Cm]. The zero-order chi connectivity index (χ0) is 25.2. The van der Waals surface area contributed by atoms with Crippen LogP contribution in [0.15, 0.2) is 54.7 Å². The number of carboxylic acid groups (broad SMARTS) is 1. The first kappa shape index (κ1) is 24.9. The van der Waals surface area contributed by atoms with E-state index in [0.29, 0.717) is 29.3 Å². The van der Waals surface area contributed by atoms with Crippen LogP contribution in [0.5, 0.6) is 5.88 Å². The molecule has 0 bridgehead atoms. The molecule has 8 heteroatoms. The average molecular weight is 730 g/mol. The van der Waals surface area contributed by atoms with E-state index in [1.54, 1.807) is 12.1 Å². The normalized spacial score (nSPS) is 13.9. The van der Waals surface area contributed by atoms with Gasteiger partial charge >= 0.3 is 5.97 Å². The Balaban J connectivity index is 0.00000320. The third kappa shape index (κ3) is 5.07. The molecule has 1 saturated carbocycles. The second-order valence-corrected chi connectivity index (χ2v) is 8.80. The Kier molecular flexibility index (Phi) is 6.82. The maximum absolute atomic E-state index is 14.4. The number of benzene rings is 2. The van der Waals surface area contributed by atoms with Crippen molar-refractivity contribution in [2.75, 3.05) is 6.61 Å². The van der Waals surface area contributed by atoms with Gasteiger partial charge in [0.25, 0.3) is 0 Å². The van der Waals surface area contributed by atoms with Crippen LogP contribution >= 0.6 is 0 Å². The Hall–Kier alpha value is -5.26. The molecule has 0 radical (unpaired) electrons. The third-order valence-electron chi connectivity index (χ3n) is 6.23. The summed E-state index contributed by atoms with van der Waals surface area (Å²) in [4.78, 5) is 15.5. The predicted molar refractivity (Wildman–Crippen MR) is 137 cm³/mol. The van der Waals surface area contributed by atoms with Gasteiger partial charge in [0.15, 0.2) is 0 Å².